The largest absolute Gasteiger partial charge is 0.456 e. The zero-order valence-electron chi connectivity index (χ0n) is 44.1. The van der Waals surface area contributed by atoms with E-state index in [1.165, 1.54) is 120 Å². The van der Waals surface area contributed by atoms with Gasteiger partial charge >= 0.3 is 0 Å². The van der Waals surface area contributed by atoms with Gasteiger partial charge in [0, 0.05) is 67.6 Å². The predicted octanol–water partition coefficient (Wildman–Crippen LogP) is 16.6. The number of anilines is 8. The van der Waals surface area contributed by atoms with Gasteiger partial charge in [-0.3, -0.25) is 0 Å². The first kappa shape index (κ1) is 44.9. The number of furan rings is 1. The van der Waals surface area contributed by atoms with Crippen molar-refractivity contribution in [3.8, 4) is 11.1 Å². The van der Waals surface area contributed by atoms with Crippen molar-refractivity contribution in [1.29, 1.82) is 0 Å². The van der Waals surface area contributed by atoms with E-state index in [-0.39, 0.29) is 28.5 Å². The van der Waals surface area contributed by atoms with Gasteiger partial charge in [-0.15, -0.1) is 0 Å². The summed E-state index contributed by atoms with van der Waals surface area (Å²) in [4.78, 5) is 7.98. The smallest absolute Gasteiger partial charge is 0.252 e. The first-order valence-corrected chi connectivity index (χ1v) is 26.5. The van der Waals surface area contributed by atoms with Gasteiger partial charge in [-0.25, -0.2) is 0 Å². The van der Waals surface area contributed by atoms with E-state index in [0.717, 1.165) is 34.0 Å². The van der Waals surface area contributed by atoms with Gasteiger partial charge < -0.3 is 19.1 Å². The lowest BCUT2D eigenvalue weighted by Crippen LogP contribution is -2.61. The molecular formula is C67H66BN3O. The average molecular weight is 940 g/mol. The van der Waals surface area contributed by atoms with Crippen LogP contribution in [0.4, 0.5) is 45.5 Å². The molecule has 3 aliphatic heterocycles. The zero-order valence-corrected chi connectivity index (χ0v) is 44.1. The fourth-order valence-electron chi connectivity index (χ4n) is 13.9. The van der Waals surface area contributed by atoms with Gasteiger partial charge in [0.1, 0.15) is 11.2 Å². The maximum absolute atomic E-state index is 6.72. The van der Waals surface area contributed by atoms with Gasteiger partial charge in [0.25, 0.3) is 6.71 Å². The summed E-state index contributed by atoms with van der Waals surface area (Å²) in [5.41, 5.74) is 26.0. The third-order valence-corrected chi connectivity index (χ3v) is 17.7. The minimum absolute atomic E-state index is 0.0222. The number of aryl methyl sites for hydroxylation is 3. The molecule has 0 spiro atoms. The van der Waals surface area contributed by atoms with Crippen molar-refractivity contribution in [3.05, 3.63) is 185 Å². The second-order valence-electron chi connectivity index (χ2n) is 24.3. The topological polar surface area (TPSA) is 22.9 Å². The van der Waals surface area contributed by atoms with Crippen molar-refractivity contribution >= 4 is 90.5 Å². The third-order valence-electron chi connectivity index (χ3n) is 17.7. The fourth-order valence-corrected chi connectivity index (χ4v) is 13.9. The number of para-hydroxylation sites is 1. The number of hydrogen-bond donors (Lipinski definition) is 0. The Morgan fingerprint density at radius 1 is 0.500 bits per heavy atom. The molecular weight excluding hydrogens is 874 g/mol. The molecule has 4 aliphatic rings. The molecule has 2 atom stereocenters. The summed E-state index contributed by atoms with van der Waals surface area (Å²) in [6.07, 6.45) is 4.83. The summed E-state index contributed by atoms with van der Waals surface area (Å²) in [5, 5.41) is 2.28. The van der Waals surface area contributed by atoms with Crippen LogP contribution in [-0.4, -0.2) is 12.3 Å². The van der Waals surface area contributed by atoms with Crippen molar-refractivity contribution in [2.75, 3.05) is 14.7 Å². The van der Waals surface area contributed by atoms with Crippen LogP contribution in [0.15, 0.2) is 156 Å². The van der Waals surface area contributed by atoms with E-state index >= 15 is 0 Å². The summed E-state index contributed by atoms with van der Waals surface area (Å²) >= 11 is 0. The van der Waals surface area contributed by atoms with Crippen LogP contribution < -0.4 is 31.1 Å². The van der Waals surface area contributed by atoms with E-state index in [1.807, 2.05) is 0 Å². The van der Waals surface area contributed by atoms with Crippen molar-refractivity contribution in [2.24, 2.45) is 0 Å². The molecule has 358 valence electrons. The molecule has 5 heteroatoms. The molecule has 0 N–H and O–H groups in total. The Labute approximate surface area is 427 Å². The van der Waals surface area contributed by atoms with Crippen molar-refractivity contribution < 1.29 is 4.42 Å². The number of rotatable bonds is 4. The molecule has 2 unspecified atom stereocenters. The Balaban J connectivity index is 1.11. The molecule has 1 aromatic heterocycles. The first-order chi connectivity index (χ1) is 34.4. The molecule has 0 saturated heterocycles. The van der Waals surface area contributed by atoms with Gasteiger partial charge in [-0.05, 0) is 173 Å². The monoisotopic (exact) mass is 940 g/mol. The second-order valence-corrected chi connectivity index (χ2v) is 24.3. The molecule has 0 bridgehead atoms. The molecule has 1 fully saturated rings. The quantitative estimate of drug-likeness (QED) is 0.164. The van der Waals surface area contributed by atoms with Crippen LogP contribution in [0, 0.1) is 20.8 Å². The highest BCUT2D eigenvalue weighted by atomic mass is 16.3. The van der Waals surface area contributed by atoms with E-state index in [9.17, 15) is 0 Å². The molecule has 0 amide bonds. The molecule has 4 heterocycles. The van der Waals surface area contributed by atoms with Gasteiger partial charge in [0.05, 0.1) is 11.2 Å². The Hall–Kier alpha value is -6.98. The maximum atomic E-state index is 6.72. The summed E-state index contributed by atoms with van der Waals surface area (Å²) in [5.74, 6) is 0. The Kier molecular flexibility index (Phi) is 9.68. The van der Waals surface area contributed by atoms with Crippen LogP contribution in [0.25, 0.3) is 33.1 Å². The molecule has 72 heavy (non-hydrogen) atoms. The lowest BCUT2D eigenvalue weighted by Gasteiger charge is -2.51. The van der Waals surface area contributed by atoms with E-state index in [0.29, 0.717) is 0 Å². The molecule has 9 aromatic rings. The third kappa shape index (κ3) is 6.44. The van der Waals surface area contributed by atoms with Gasteiger partial charge in [-0.1, -0.05) is 140 Å². The SMILES string of the molecule is Cc1cc2c3c(c1)N(c1ccc(C(C)(C)C)cc1-c1ccccc1)c1cc(C(C)(C)C)ccc1B3c1ccc(N3c4cc(C)cc(C)c4C4(C)CCCCC34C)cc1N2c1ccc2c(c1)oc1ccccc12. The fraction of sp³-hybridized carbons (Fsp3) is 0.284. The number of nitrogens with zero attached hydrogens (tertiary/aromatic N) is 3. The molecule has 13 rings (SSSR count). The molecule has 1 saturated carbocycles. The summed E-state index contributed by atoms with van der Waals surface area (Å²) in [7, 11) is 0. The van der Waals surface area contributed by atoms with Gasteiger partial charge in [0.15, 0.2) is 0 Å². The lowest BCUT2D eigenvalue weighted by atomic mass is 9.33. The van der Waals surface area contributed by atoms with Crippen LogP contribution in [0.5, 0.6) is 0 Å². The first-order valence-electron chi connectivity index (χ1n) is 26.5. The Bertz CT molecular complexity index is 3720. The van der Waals surface area contributed by atoms with Crippen LogP contribution in [-0.2, 0) is 16.2 Å². The minimum Gasteiger partial charge on any atom is -0.456 e. The Morgan fingerprint density at radius 2 is 1.11 bits per heavy atom. The number of benzene rings is 8. The maximum Gasteiger partial charge on any atom is 0.252 e. The normalized spacial score (nSPS) is 19.1. The minimum atomic E-state index is -0.0883. The van der Waals surface area contributed by atoms with E-state index in [4.69, 9.17) is 4.42 Å². The highest BCUT2D eigenvalue weighted by molar-refractivity contribution is 7.00. The van der Waals surface area contributed by atoms with Crippen molar-refractivity contribution in [2.45, 2.75) is 124 Å². The molecule has 8 aromatic carbocycles. The Morgan fingerprint density at radius 3 is 1.88 bits per heavy atom. The van der Waals surface area contributed by atoms with Gasteiger partial charge in [-0.2, -0.15) is 0 Å². The molecule has 4 nitrogen and oxygen atoms in total. The van der Waals surface area contributed by atoms with E-state index in [2.05, 4.69) is 243 Å². The van der Waals surface area contributed by atoms with Crippen LogP contribution >= 0.6 is 0 Å². The van der Waals surface area contributed by atoms with Crippen LogP contribution in [0.3, 0.4) is 0 Å². The highest BCUT2D eigenvalue weighted by Crippen LogP contribution is 2.62. The molecule has 0 radical (unpaired) electrons. The highest BCUT2D eigenvalue weighted by Gasteiger charge is 2.58. The summed E-state index contributed by atoms with van der Waals surface area (Å²) in [6, 6.07) is 58.3. The molecule has 1 aliphatic carbocycles. The van der Waals surface area contributed by atoms with Crippen molar-refractivity contribution in [3.63, 3.8) is 0 Å². The lowest BCUT2D eigenvalue weighted by molar-refractivity contribution is 0.194. The average Bonchev–Trinajstić information content (AvgIpc) is 3.82. The van der Waals surface area contributed by atoms with Crippen LogP contribution in [0.1, 0.15) is 114 Å². The predicted molar refractivity (Wildman–Crippen MR) is 308 cm³/mol. The standard InChI is InChI=1S/C67H66BN3O/c1-41-33-43(3)62-57(34-41)71(67(11)32-18-17-31-66(62,67)10)48-26-29-53-56(39-48)69(47-25-27-50-49-21-15-16-22-60(49)72-61(50)40-47)58-35-42(2)36-59-63(58)68(53)52-28-23-46(65(7,8)9)38-55(52)70(59)54-30-24-45(64(4,5)6)37-51(54)44-19-13-12-14-20-44/h12-16,19-30,33-40H,17-18,31-32H2,1-11H3. The van der Waals surface area contributed by atoms with Crippen molar-refractivity contribution in [1.82, 2.24) is 0 Å². The van der Waals surface area contributed by atoms with E-state index in [1.54, 1.807) is 0 Å². The number of hydrogen-bond acceptors (Lipinski definition) is 4. The van der Waals surface area contributed by atoms with E-state index < -0.39 is 0 Å². The summed E-state index contributed by atoms with van der Waals surface area (Å²) < 4.78 is 6.72. The zero-order chi connectivity index (χ0) is 49.8. The van der Waals surface area contributed by atoms with Crippen LogP contribution in [0.2, 0.25) is 0 Å². The summed E-state index contributed by atoms with van der Waals surface area (Å²) in [6.45, 7) is 26.0. The second kappa shape index (κ2) is 15.5. The number of fused-ring (bicyclic) bond motifs is 10. The van der Waals surface area contributed by atoms with Gasteiger partial charge in [0.2, 0.25) is 0 Å².